The number of fused-ring (bicyclic) bond motifs is 1. The van der Waals surface area contributed by atoms with Gasteiger partial charge in [-0.15, -0.1) is 0 Å². The summed E-state index contributed by atoms with van der Waals surface area (Å²) in [4.78, 5) is 8.12. The lowest BCUT2D eigenvalue weighted by atomic mass is 10.2. The molecular weight excluding hydrogens is 317 g/mol. The molecule has 0 N–H and O–H groups in total. The van der Waals surface area contributed by atoms with Crippen LogP contribution in [0.25, 0.3) is 22.4 Å². The van der Waals surface area contributed by atoms with Crippen molar-refractivity contribution in [2.75, 3.05) is 0 Å². The van der Waals surface area contributed by atoms with Crippen molar-refractivity contribution in [3.05, 3.63) is 73.1 Å². The van der Waals surface area contributed by atoms with E-state index >= 15 is 0 Å². The van der Waals surface area contributed by atoms with Crippen LogP contribution in [0.5, 0.6) is 0 Å². The minimum Gasteiger partial charge on any atom is -0.306 e. The molecule has 7 heteroatoms. The van der Waals surface area contributed by atoms with Gasteiger partial charge in [0, 0.05) is 23.8 Å². The molecule has 4 aromatic rings. The van der Waals surface area contributed by atoms with Crippen LogP contribution in [-0.2, 0) is 6.18 Å². The van der Waals surface area contributed by atoms with E-state index < -0.39 is 11.7 Å². The van der Waals surface area contributed by atoms with E-state index in [1.807, 2.05) is 35.0 Å². The monoisotopic (exact) mass is 328 g/mol. The summed E-state index contributed by atoms with van der Waals surface area (Å²) in [6.45, 7) is 0. The molecule has 4 nitrogen and oxygen atoms in total. The second-order valence-corrected chi connectivity index (χ2v) is 5.31. The summed E-state index contributed by atoms with van der Waals surface area (Å²) in [6.07, 6.45) is 2.33. The number of halogens is 3. The second-order valence-electron chi connectivity index (χ2n) is 5.31. The van der Waals surface area contributed by atoms with Crippen molar-refractivity contribution >= 4 is 11.0 Å². The Morgan fingerprint density at radius 2 is 1.75 bits per heavy atom. The van der Waals surface area contributed by atoms with Gasteiger partial charge < -0.3 is 4.57 Å². The van der Waals surface area contributed by atoms with Crippen molar-refractivity contribution in [1.29, 1.82) is 0 Å². The van der Waals surface area contributed by atoms with E-state index in [9.17, 15) is 13.2 Å². The fourth-order valence-electron chi connectivity index (χ4n) is 2.61. The fraction of sp³-hybridized carbons (Fsp3) is 0.0588. The van der Waals surface area contributed by atoms with E-state index in [0.29, 0.717) is 11.0 Å². The van der Waals surface area contributed by atoms with Crippen LogP contribution >= 0.6 is 0 Å². The molecule has 0 saturated heterocycles. The van der Waals surface area contributed by atoms with Crippen LogP contribution < -0.4 is 0 Å². The highest BCUT2D eigenvalue weighted by Gasteiger charge is 2.30. The van der Waals surface area contributed by atoms with Crippen LogP contribution in [0.1, 0.15) is 5.56 Å². The van der Waals surface area contributed by atoms with Gasteiger partial charge in [0.1, 0.15) is 6.33 Å². The molecule has 0 saturated carbocycles. The minimum absolute atomic E-state index is 0.304. The molecule has 24 heavy (non-hydrogen) atoms. The Kier molecular flexibility index (Phi) is 3.16. The number of aromatic nitrogens is 4. The average molecular weight is 328 g/mol. The van der Waals surface area contributed by atoms with Crippen LogP contribution in [0, 0.1) is 0 Å². The number of rotatable bonds is 2. The highest BCUT2D eigenvalue weighted by Crippen LogP contribution is 2.31. The summed E-state index contributed by atoms with van der Waals surface area (Å²) >= 11 is 0. The van der Waals surface area contributed by atoms with Gasteiger partial charge in [-0.05, 0) is 36.4 Å². The maximum atomic E-state index is 12.8. The summed E-state index contributed by atoms with van der Waals surface area (Å²) in [6, 6.07) is 11.2. The minimum atomic E-state index is -4.38. The zero-order valence-corrected chi connectivity index (χ0v) is 12.3. The molecule has 2 heterocycles. The van der Waals surface area contributed by atoms with E-state index in [1.165, 1.54) is 12.4 Å². The van der Waals surface area contributed by atoms with Gasteiger partial charge in [0.15, 0.2) is 0 Å². The van der Waals surface area contributed by atoms with E-state index in [1.54, 1.807) is 17.1 Å². The standard InChI is InChI=1S/C17H11F3N4/c18-17(19,20)12-4-5-16-15(8-12)22-11-24(16)14-3-1-2-13(9-14)23-7-6-21-10-23/h1-11H. The van der Waals surface area contributed by atoms with E-state index in [4.69, 9.17) is 0 Å². The molecule has 0 bridgehead atoms. The summed E-state index contributed by atoms with van der Waals surface area (Å²) < 4.78 is 42.0. The van der Waals surface area contributed by atoms with Crippen LogP contribution in [0.3, 0.4) is 0 Å². The number of benzene rings is 2. The number of alkyl halides is 3. The molecule has 0 fully saturated rings. The third-order valence-corrected chi connectivity index (χ3v) is 3.79. The highest BCUT2D eigenvalue weighted by atomic mass is 19.4. The van der Waals surface area contributed by atoms with Crippen molar-refractivity contribution in [1.82, 2.24) is 19.1 Å². The van der Waals surface area contributed by atoms with Gasteiger partial charge >= 0.3 is 6.18 Å². The quantitative estimate of drug-likeness (QED) is 0.552. The summed E-state index contributed by atoms with van der Waals surface area (Å²) in [7, 11) is 0. The molecule has 2 aromatic carbocycles. The molecule has 0 atom stereocenters. The SMILES string of the molecule is FC(F)(F)c1ccc2c(c1)ncn2-c1cccc(-n2ccnc2)c1. The van der Waals surface area contributed by atoms with Gasteiger partial charge in [-0.3, -0.25) is 4.57 Å². The van der Waals surface area contributed by atoms with Crippen molar-refractivity contribution in [2.45, 2.75) is 6.18 Å². The van der Waals surface area contributed by atoms with Crippen LogP contribution in [0.4, 0.5) is 13.2 Å². The Hall–Kier alpha value is -3.09. The zero-order chi connectivity index (χ0) is 16.7. The predicted molar refractivity (Wildman–Crippen MR) is 83.2 cm³/mol. The fourth-order valence-corrected chi connectivity index (χ4v) is 2.61. The average Bonchev–Trinajstić information content (AvgIpc) is 3.23. The van der Waals surface area contributed by atoms with Crippen molar-refractivity contribution in [3.63, 3.8) is 0 Å². The molecule has 120 valence electrons. The van der Waals surface area contributed by atoms with Crippen LogP contribution in [0.2, 0.25) is 0 Å². The first kappa shape index (κ1) is 14.5. The topological polar surface area (TPSA) is 35.6 Å². The van der Waals surface area contributed by atoms with Crippen LogP contribution in [0.15, 0.2) is 67.5 Å². The van der Waals surface area contributed by atoms with E-state index in [2.05, 4.69) is 9.97 Å². The lowest BCUT2D eigenvalue weighted by Gasteiger charge is -2.09. The van der Waals surface area contributed by atoms with Crippen LogP contribution in [-0.4, -0.2) is 19.1 Å². The maximum absolute atomic E-state index is 12.8. The van der Waals surface area contributed by atoms with E-state index in [-0.39, 0.29) is 0 Å². The maximum Gasteiger partial charge on any atom is 0.416 e. The number of hydrogen-bond donors (Lipinski definition) is 0. The highest BCUT2D eigenvalue weighted by molar-refractivity contribution is 5.78. The molecule has 0 amide bonds. The van der Waals surface area contributed by atoms with Crippen molar-refractivity contribution in [3.8, 4) is 11.4 Å². The van der Waals surface area contributed by atoms with Crippen molar-refractivity contribution in [2.24, 2.45) is 0 Å². The van der Waals surface area contributed by atoms with Gasteiger partial charge in [-0.25, -0.2) is 9.97 Å². The van der Waals surface area contributed by atoms with Gasteiger partial charge in [0.05, 0.1) is 22.9 Å². The second kappa shape index (κ2) is 5.23. The third-order valence-electron chi connectivity index (χ3n) is 3.79. The molecule has 4 rings (SSSR count). The molecule has 0 spiro atoms. The number of imidazole rings is 2. The van der Waals surface area contributed by atoms with Gasteiger partial charge in [0.25, 0.3) is 0 Å². The van der Waals surface area contributed by atoms with Gasteiger partial charge in [-0.2, -0.15) is 13.2 Å². The summed E-state index contributed by atoms with van der Waals surface area (Å²) in [5.74, 6) is 0. The largest absolute Gasteiger partial charge is 0.416 e. The first-order valence-corrected chi connectivity index (χ1v) is 7.15. The first-order chi connectivity index (χ1) is 11.5. The molecular formula is C17H11F3N4. The van der Waals surface area contributed by atoms with Gasteiger partial charge in [-0.1, -0.05) is 6.07 Å². The Labute approximate surface area is 134 Å². The van der Waals surface area contributed by atoms with Gasteiger partial charge in [0.2, 0.25) is 0 Å². The molecule has 2 aromatic heterocycles. The van der Waals surface area contributed by atoms with E-state index in [0.717, 1.165) is 23.5 Å². The summed E-state index contributed by atoms with van der Waals surface area (Å²) in [5.41, 5.74) is 1.93. The molecule has 0 unspecified atom stereocenters. The molecule has 0 radical (unpaired) electrons. The Morgan fingerprint density at radius 3 is 2.50 bits per heavy atom. The predicted octanol–water partition coefficient (Wildman–Crippen LogP) is 4.23. The van der Waals surface area contributed by atoms with Crippen molar-refractivity contribution < 1.29 is 13.2 Å². The lowest BCUT2D eigenvalue weighted by molar-refractivity contribution is -0.137. The number of nitrogens with zero attached hydrogens (tertiary/aromatic N) is 4. The Bertz CT molecular complexity index is 1000. The number of hydrogen-bond acceptors (Lipinski definition) is 2. The Morgan fingerprint density at radius 1 is 0.917 bits per heavy atom. The first-order valence-electron chi connectivity index (χ1n) is 7.15. The smallest absolute Gasteiger partial charge is 0.306 e. The molecule has 0 aliphatic carbocycles. The summed E-state index contributed by atoms with van der Waals surface area (Å²) in [5, 5.41) is 0. The molecule has 0 aliphatic heterocycles. The zero-order valence-electron chi connectivity index (χ0n) is 12.3. The lowest BCUT2D eigenvalue weighted by Crippen LogP contribution is -2.04. The normalized spacial score (nSPS) is 12.0. The Balaban J connectivity index is 1.81. The third kappa shape index (κ3) is 2.44. The molecule has 0 aliphatic rings.